The van der Waals surface area contributed by atoms with Crippen LogP contribution in [-0.4, -0.2) is 12.1 Å². The van der Waals surface area contributed by atoms with Gasteiger partial charge in [0.05, 0.1) is 11.8 Å². The van der Waals surface area contributed by atoms with Gasteiger partial charge in [-0.05, 0) is 41.4 Å². The fraction of sp³-hybridized carbons (Fsp3) is 0.545. The number of hydrogen-bond donors (Lipinski definition) is 0. The van der Waals surface area contributed by atoms with Crippen LogP contribution in [-0.2, 0) is 4.74 Å². The fourth-order valence-electron chi connectivity index (χ4n) is 0.955. The Bertz CT molecular complexity index is 276. The van der Waals surface area contributed by atoms with Gasteiger partial charge in [0.2, 0.25) is 0 Å². The van der Waals surface area contributed by atoms with Crippen molar-refractivity contribution in [3.63, 3.8) is 0 Å². The molecular formula is C11H18BrNO. The molecule has 80 valence electrons. The summed E-state index contributed by atoms with van der Waals surface area (Å²) in [6.07, 6.45) is 1.88. The van der Waals surface area contributed by atoms with Crippen molar-refractivity contribution in [2.45, 2.75) is 33.8 Å². The molecule has 0 amide bonds. The van der Waals surface area contributed by atoms with Crippen molar-refractivity contribution in [2.75, 3.05) is 7.11 Å². The quantitative estimate of drug-likeness (QED) is 0.804. The zero-order valence-electron chi connectivity index (χ0n) is 9.47. The van der Waals surface area contributed by atoms with Gasteiger partial charge in [-0.25, -0.2) is 0 Å². The number of ether oxygens (including phenoxy) is 1. The molecule has 0 N–H and O–H groups in total. The summed E-state index contributed by atoms with van der Waals surface area (Å²) in [7, 11) is 1.68. The predicted molar refractivity (Wildman–Crippen MR) is 63.4 cm³/mol. The highest BCUT2D eigenvalue weighted by Gasteiger charge is 2.09. The van der Waals surface area contributed by atoms with Gasteiger partial charge in [0, 0.05) is 17.8 Å². The van der Waals surface area contributed by atoms with Crippen molar-refractivity contribution in [3.05, 3.63) is 28.0 Å². The van der Waals surface area contributed by atoms with Crippen molar-refractivity contribution in [2.24, 2.45) is 0 Å². The molecule has 0 aliphatic carbocycles. The second-order valence-electron chi connectivity index (χ2n) is 2.76. The van der Waals surface area contributed by atoms with E-state index >= 15 is 0 Å². The molecule has 1 aromatic rings. The Morgan fingerprint density at radius 2 is 2.00 bits per heavy atom. The van der Waals surface area contributed by atoms with Crippen molar-refractivity contribution in [1.29, 1.82) is 0 Å². The molecule has 1 aromatic heterocycles. The Kier molecular flexibility index (Phi) is 6.75. The van der Waals surface area contributed by atoms with Crippen molar-refractivity contribution >= 4 is 15.9 Å². The number of pyridine rings is 1. The maximum absolute atomic E-state index is 5.16. The Hall–Kier alpha value is -0.410. The summed E-state index contributed by atoms with van der Waals surface area (Å²) in [5.41, 5.74) is 2.09. The predicted octanol–water partition coefficient (Wildman–Crippen LogP) is 3.89. The van der Waals surface area contributed by atoms with Gasteiger partial charge in [-0.3, -0.25) is 4.98 Å². The zero-order valence-corrected chi connectivity index (χ0v) is 11.1. The Morgan fingerprint density at radius 1 is 1.43 bits per heavy atom. The van der Waals surface area contributed by atoms with Crippen LogP contribution in [0.4, 0.5) is 0 Å². The van der Waals surface area contributed by atoms with E-state index in [-0.39, 0.29) is 6.10 Å². The zero-order chi connectivity index (χ0) is 11.1. The van der Waals surface area contributed by atoms with Crippen molar-refractivity contribution in [1.82, 2.24) is 4.98 Å². The number of rotatable bonds is 2. The standard InChI is InChI=1S/C9H12BrNO.C2H6/c1-6-4-8(10)9(11-5-6)7(2)12-3;1-2/h4-5,7H,1-3H3;1-2H3. The minimum absolute atomic E-state index is 0.0416. The first-order valence-corrected chi connectivity index (χ1v) is 5.59. The van der Waals surface area contributed by atoms with Gasteiger partial charge in [0.1, 0.15) is 0 Å². The smallest absolute Gasteiger partial charge is 0.0974 e. The van der Waals surface area contributed by atoms with Crippen molar-refractivity contribution < 1.29 is 4.74 Å². The lowest BCUT2D eigenvalue weighted by molar-refractivity contribution is 0.115. The van der Waals surface area contributed by atoms with Gasteiger partial charge in [-0.15, -0.1) is 0 Å². The maximum Gasteiger partial charge on any atom is 0.0974 e. The van der Waals surface area contributed by atoms with E-state index in [2.05, 4.69) is 20.9 Å². The van der Waals surface area contributed by atoms with E-state index in [4.69, 9.17) is 4.74 Å². The highest BCUT2D eigenvalue weighted by atomic mass is 79.9. The van der Waals surface area contributed by atoms with Crippen LogP contribution >= 0.6 is 15.9 Å². The number of aromatic nitrogens is 1. The van der Waals surface area contributed by atoms with E-state index in [1.54, 1.807) is 7.11 Å². The highest BCUT2D eigenvalue weighted by molar-refractivity contribution is 9.10. The van der Waals surface area contributed by atoms with Gasteiger partial charge in [0.15, 0.2) is 0 Å². The van der Waals surface area contributed by atoms with Gasteiger partial charge < -0.3 is 4.74 Å². The first kappa shape index (κ1) is 13.6. The van der Waals surface area contributed by atoms with Crippen LogP contribution in [0, 0.1) is 6.92 Å². The Balaban J connectivity index is 0.000000791. The molecule has 0 saturated heterocycles. The molecule has 0 aliphatic rings. The van der Waals surface area contributed by atoms with Crippen LogP contribution in [0.15, 0.2) is 16.7 Å². The number of hydrogen-bond acceptors (Lipinski definition) is 2. The first-order valence-electron chi connectivity index (χ1n) is 4.80. The monoisotopic (exact) mass is 259 g/mol. The highest BCUT2D eigenvalue weighted by Crippen LogP contribution is 2.23. The largest absolute Gasteiger partial charge is 0.375 e. The molecule has 1 rings (SSSR count). The molecule has 14 heavy (non-hydrogen) atoms. The molecule has 0 bridgehead atoms. The number of halogens is 1. The van der Waals surface area contributed by atoms with E-state index in [0.717, 1.165) is 15.7 Å². The normalized spacial score (nSPS) is 11.6. The lowest BCUT2D eigenvalue weighted by atomic mass is 10.2. The Morgan fingerprint density at radius 3 is 2.43 bits per heavy atom. The van der Waals surface area contributed by atoms with E-state index in [9.17, 15) is 0 Å². The molecule has 0 saturated carbocycles. The van der Waals surface area contributed by atoms with Crippen LogP contribution in [0.1, 0.15) is 38.1 Å². The maximum atomic E-state index is 5.16. The van der Waals surface area contributed by atoms with Crippen LogP contribution in [0.5, 0.6) is 0 Å². The average Bonchev–Trinajstić information content (AvgIpc) is 2.20. The SMILES string of the molecule is CC.COC(C)c1ncc(C)cc1Br. The average molecular weight is 260 g/mol. The summed E-state index contributed by atoms with van der Waals surface area (Å²) in [4.78, 5) is 4.28. The molecule has 0 aliphatic heterocycles. The summed E-state index contributed by atoms with van der Waals surface area (Å²) in [6, 6.07) is 2.04. The minimum atomic E-state index is 0.0416. The fourth-order valence-corrected chi connectivity index (χ4v) is 1.74. The molecule has 2 nitrogen and oxygen atoms in total. The molecule has 0 aromatic carbocycles. The molecule has 0 spiro atoms. The van der Waals surface area contributed by atoms with E-state index in [1.165, 1.54) is 0 Å². The number of methoxy groups -OCH3 is 1. The molecule has 1 unspecified atom stereocenters. The molecular weight excluding hydrogens is 242 g/mol. The van der Waals surface area contributed by atoms with E-state index in [0.29, 0.717) is 0 Å². The minimum Gasteiger partial charge on any atom is -0.375 e. The summed E-state index contributed by atoms with van der Waals surface area (Å²) < 4.78 is 6.18. The van der Waals surface area contributed by atoms with Gasteiger partial charge >= 0.3 is 0 Å². The summed E-state index contributed by atoms with van der Waals surface area (Å²) in [5.74, 6) is 0. The third kappa shape index (κ3) is 3.76. The van der Waals surface area contributed by atoms with E-state index < -0.39 is 0 Å². The molecule has 1 heterocycles. The van der Waals surface area contributed by atoms with Gasteiger partial charge in [-0.1, -0.05) is 13.8 Å². The van der Waals surface area contributed by atoms with Crippen LogP contribution < -0.4 is 0 Å². The molecule has 0 fully saturated rings. The van der Waals surface area contributed by atoms with Gasteiger partial charge in [0.25, 0.3) is 0 Å². The third-order valence-corrected chi connectivity index (χ3v) is 2.38. The van der Waals surface area contributed by atoms with Crippen LogP contribution in [0.25, 0.3) is 0 Å². The lowest BCUT2D eigenvalue weighted by Crippen LogP contribution is -2.00. The molecule has 1 atom stereocenters. The second kappa shape index (κ2) is 6.96. The van der Waals surface area contributed by atoms with Crippen LogP contribution in [0.2, 0.25) is 0 Å². The second-order valence-corrected chi connectivity index (χ2v) is 3.61. The van der Waals surface area contributed by atoms with Crippen molar-refractivity contribution in [3.8, 4) is 0 Å². The molecule has 0 radical (unpaired) electrons. The summed E-state index contributed by atoms with van der Waals surface area (Å²) >= 11 is 3.45. The molecule has 3 heteroatoms. The van der Waals surface area contributed by atoms with Crippen LogP contribution in [0.3, 0.4) is 0 Å². The number of nitrogens with zero attached hydrogens (tertiary/aromatic N) is 1. The number of aryl methyl sites for hydroxylation is 1. The summed E-state index contributed by atoms with van der Waals surface area (Å²) in [6.45, 7) is 7.99. The van der Waals surface area contributed by atoms with E-state index in [1.807, 2.05) is 40.0 Å². The Labute approximate surface area is 94.8 Å². The lowest BCUT2D eigenvalue weighted by Gasteiger charge is -2.10. The third-order valence-electron chi connectivity index (χ3n) is 1.74. The summed E-state index contributed by atoms with van der Waals surface area (Å²) in [5, 5.41) is 0. The topological polar surface area (TPSA) is 22.1 Å². The van der Waals surface area contributed by atoms with Gasteiger partial charge in [-0.2, -0.15) is 0 Å². The first-order chi connectivity index (χ1) is 6.65.